The van der Waals surface area contributed by atoms with Crippen molar-refractivity contribution >= 4 is 10.9 Å². The molecule has 0 radical (unpaired) electrons. The molecule has 2 heterocycles. The molecule has 0 unspecified atom stereocenters. The van der Waals surface area contributed by atoms with Crippen LogP contribution in [0.1, 0.15) is 11.1 Å². The number of methoxy groups -OCH3 is 1. The van der Waals surface area contributed by atoms with Crippen molar-refractivity contribution < 1.29 is 4.74 Å². The molecule has 102 valence electrons. The summed E-state index contributed by atoms with van der Waals surface area (Å²) in [5, 5.41) is 4.65. The number of aromatic nitrogens is 1. The zero-order valence-electron chi connectivity index (χ0n) is 11.6. The molecule has 1 aliphatic rings. The van der Waals surface area contributed by atoms with Gasteiger partial charge in [-0.2, -0.15) is 0 Å². The third kappa shape index (κ3) is 2.46. The fourth-order valence-corrected chi connectivity index (χ4v) is 2.77. The van der Waals surface area contributed by atoms with E-state index in [1.165, 1.54) is 16.5 Å². The number of hydrogen-bond acceptors (Lipinski definition) is 3. The monoisotopic (exact) mass is 259 g/mol. The standard InChI is InChI=1S/C15H21N3O/c1-11-9-17-15-13(11)7-12(8-14(15)19-2)10-18-5-3-16-4-6-18/h7-9,16-17H,3-6,10H2,1-2H3. The first kappa shape index (κ1) is 12.5. The maximum Gasteiger partial charge on any atom is 0.143 e. The third-order valence-electron chi connectivity index (χ3n) is 3.86. The molecule has 1 fully saturated rings. The Morgan fingerprint density at radius 2 is 2.05 bits per heavy atom. The molecule has 1 aromatic heterocycles. The van der Waals surface area contributed by atoms with Crippen LogP contribution in [-0.2, 0) is 6.54 Å². The number of hydrogen-bond donors (Lipinski definition) is 2. The molecule has 1 aliphatic heterocycles. The van der Waals surface area contributed by atoms with E-state index in [0.717, 1.165) is 44.0 Å². The fraction of sp³-hybridized carbons (Fsp3) is 0.467. The highest BCUT2D eigenvalue weighted by atomic mass is 16.5. The minimum Gasteiger partial charge on any atom is -0.495 e. The van der Waals surface area contributed by atoms with Crippen LogP contribution in [0.5, 0.6) is 5.75 Å². The second-order valence-electron chi connectivity index (χ2n) is 5.22. The van der Waals surface area contributed by atoms with Crippen molar-refractivity contribution in [2.75, 3.05) is 33.3 Å². The second-order valence-corrected chi connectivity index (χ2v) is 5.22. The van der Waals surface area contributed by atoms with Gasteiger partial charge in [0.25, 0.3) is 0 Å². The summed E-state index contributed by atoms with van der Waals surface area (Å²) in [6.07, 6.45) is 2.04. The van der Waals surface area contributed by atoms with Gasteiger partial charge in [0, 0.05) is 44.3 Å². The van der Waals surface area contributed by atoms with Crippen molar-refractivity contribution in [3.8, 4) is 5.75 Å². The van der Waals surface area contributed by atoms with Crippen LogP contribution in [0.25, 0.3) is 10.9 Å². The molecular formula is C15H21N3O. The highest BCUT2D eigenvalue weighted by Crippen LogP contribution is 2.29. The highest BCUT2D eigenvalue weighted by Gasteiger charge is 2.13. The summed E-state index contributed by atoms with van der Waals surface area (Å²) in [6.45, 7) is 7.54. The average Bonchev–Trinajstić information content (AvgIpc) is 2.81. The van der Waals surface area contributed by atoms with Crippen LogP contribution in [0.4, 0.5) is 0 Å². The molecule has 1 saturated heterocycles. The van der Waals surface area contributed by atoms with E-state index >= 15 is 0 Å². The lowest BCUT2D eigenvalue weighted by molar-refractivity contribution is 0.233. The van der Waals surface area contributed by atoms with E-state index in [9.17, 15) is 0 Å². The summed E-state index contributed by atoms with van der Waals surface area (Å²) >= 11 is 0. The number of ether oxygens (including phenoxy) is 1. The molecule has 0 bridgehead atoms. The maximum atomic E-state index is 5.51. The molecule has 2 aromatic rings. The van der Waals surface area contributed by atoms with E-state index in [1.54, 1.807) is 7.11 Å². The number of aromatic amines is 1. The molecule has 0 spiro atoms. The predicted octanol–water partition coefficient (Wildman–Crippen LogP) is 1.89. The Morgan fingerprint density at radius 3 is 2.79 bits per heavy atom. The Kier molecular flexibility index (Phi) is 3.44. The van der Waals surface area contributed by atoms with Crippen LogP contribution in [-0.4, -0.2) is 43.2 Å². The van der Waals surface area contributed by atoms with Gasteiger partial charge < -0.3 is 15.0 Å². The molecule has 0 atom stereocenters. The third-order valence-corrected chi connectivity index (χ3v) is 3.86. The number of rotatable bonds is 3. The number of piperazine rings is 1. The van der Waals surface area contributed by atoms with Gasteiger partial charge in [0.05, 0.1) is 12.6 Å². The van der Waals surface area contributed by atoms with Gasteiger partial charge in [-0.1, -0.05) is 0 Å². The molecule has 4 heteroatoms. The SMILES string of the molecule is COc1cc(CN2CCNCC2)cc2c(C)c[nH]c12. The summed E-state index contributed by atoms with van der Waals surface area (Å²) in [5.41, 5.74) is 3.70. The van der Waals surface area contributed by atoms with Crippen LogP contribution in [0.15, 0.2) is 18.3 Å². The van der Waals surface area contributed by atoms with Crippen molar-refractivity contribution in [3.05, 3.63) is 29.5 Å². The van der Waals surface area contributed by atoms with Crippen molar-refractivity contribution in [3.63, 3.8) is 0 Å². The minimum atomic E-state index is 0.940. The van der Waals surface area contributed by atoms with Crippen LogP contribution in [0.3, 0.4) is 0 Å². The van der Waals surface area contributed by atoms with Crippen molar-refractivity contribution in [1.82, 2.24) is 15.2 Å². The van der Waals surface area contributed by atoms with Crippen molar-refractivity contribution in [1.29, 1.82) is 0 Å². The second kappa shape index (κ2) is 5.23. The molecule has 2 N–H and O–H groups in total. The van der Waals surface area contributed by atoms with Crippen LogP contribution < -0.4 is 10.1 Å². The lowest BCUT2D eigenvalue weighted by Crippen LogP contribution is -2.42. The first-order valence-electron chi connectivity index (χ1n) is 6.85. The number of benzene rings is 1. The number of fused-ring (bicyclic) bond motifs is 1. The lowest BCUT2D eigenvalue weighted by Gasteiger charge is -2.27. The molecule has 19 heavy (non-hydrogen) atoms. The Labute approximate surface area is 113 Å². The zero-order valence-corrected chi connectivity index (χ0v) is 11.6. The topological polar surface area (TPSA) is 40.3 Å². The van der Waals surface area contributed by atoms with Gasteiger partial charge >= 0.3 is 0 Å². The smallest absolute Gasteiger partial charge is 0.143 e. The van der Waals surface area contributed by atoms with Gasteiger partial charge in [-0.05, 0) is 30.2 Å². The van der Waals surface area contributed by atoms with Gasteiger partial charge in [-0.3, -0.25) is 4.90 Å². The van der Waals surface area contributed by atoms with Crippen LogP contribution in [0, 0.1) is 6.92 Å². The zero-order chi connectivity index (χ0) is 13.2. The molecular weight excluding hydrogens is 238 g/mol. The van der Waals surface area contributed by atoms with Gasteiger partial charge in [0.1, 0.15) is 5.75 Å². The largest absolute Gasteiger partial charge is 0.495 e. The quantitative estimate of drug-likeness (QED) is 0.884. The normalized spacial score (nSPS) is 16.9. The minimum absolute atomic E-state index is 0.940. The Bertz CT molecular complexity index is 570. The number of nitrogens with zero attached hydrogens (tertiary/aromatic N) is 1. The van der Waals surface area contributed by atoms with Gasteiger partial charge in [-0.15, -0.1) is 0 Å². The van der Waals surface area contributed by atoms with Crippen molar-refractivity contribution in [2.24, 2.45) is 0 Å². The Balaban J connectivity index is 1.92. The Hall–Kier alpha value is -1.52. The molecule has 0 saturated carbocycles. The van der Waals surface area contributed by atoms with Gasteiger partial charge in [-0.25, -0.2) is 0 Å². The van der Waals surface area contributed by atoms with E-state index in [-0.39, 0.29) is 0 Å². The van der Waals surface area contributed by atoms with Crippen LogP contribution in [0.2, 0.25) is 0 Å². The first-order valence-corrected chi connectivity index (χ1v) is 6.85. The van der Waals surface area contributed by atoms with Gasteiger partial charge in [0.15, 0.2) is 0 Å². The fourth-order valence-electron chi connectivity index (χ4n) is 2.77. The summed E-state index contributed by atoms with van der Waals surface area (Å²) in [7, 11) is 1.74. The lowest BCUT2D eigenvalue weighted by atomic mass is 10.1. The number of H-pyrrole nitrogens is 1. The first-order chi connectivity index (χ1) is 9.28. The highest BCUT2D eigenvalue weighted by molar-refractivity contribution is 5.88. The van der Waals surface area contributed by atoms with E-state index in [1.807, 2.05) is 6.20 Å². The molecule has 0 amide bonds. The number of aryl methyl sites for hydroxylation is 1. The van der Waals surface area contributed by atoms with E-state index in [2.05, 4.69) is 34.3 Å². The van der Waals surface area contributed by atoms with Crippen LogP contribution >= 0.6 is 0 Å². The summed E-state index contributed by atoms with van der Waals surface area (Å²) in [5.74, 6) is 0.940. The van der Waals surface area contributed by atoms with Crippen molar-refractivity contribution in [2.45, 2.75) is 13.5 Å². The van der Waals surface area contributed by atoms with E-state index in [0.29, 0.717) is 0 Å². The maximum absolute atomic E-state index is 5.51. The van der Waals surface area contributed by atoms with E-state index < -0.39 is 0 Å². The Morgan fingerprint density at radius 1 is 1.26 bits per heavy atom. The van der Waals surface area contributed by atoms with E-state index in [4.69, 9.17) is 4.74 Å². The molecule has 4 nitrogen and oxygen atoms in total. The summed E-state index contributed by atoms with van der Waals surface area (Å²) < 4.78 is 5.51. The summed E-state index contributed by atoms with van der Waals surface area (Å²) in [6, 6.07) is 4.44. The molecule has 0 aliphatic carbocycles. The predicted molar refractivity (Wildman–Crippen MR) is 77.7 cm³/mol. The van der Waals surface area contributed by atoms with Gasteiger partial charge in [0.2, 0.25) is 0 Å². The average molecular weight is 259 g/mol. The molecule has 3 rings (SSSR count). The number of nitrogens with one attached hydrogen (secondary N) is 2. The summed E-state index contributed by atoms with van der Waals surface area (Å²) in [4.78, 5) is 5.77. The molecule has 1 aromatic carbocycles.